The predicted molar refractivity (Wildman–Crippen MR) is 142 cm³/mol. The van der Waals surface area contributed by atoms with Crippen molar-refractivity contribution in [1.29, 1.82) is 0 Å². The molecule has 0 radical (unpaired) electrons. The normalized spacial score (nSPS) is 13.6. The summed E-state index contributed by atoms with van der Waals surface area (Å²) in [5.74, 6) is -1.49. The minimum Gasteiger partial charge on any atom is -0.489 e. The Morgan fingerprint density at radius 1 is 0.865 bits per heavy atom. The van der Waals surface area contributed by atoms with Crippen molar-refractivity contribution in [2.45, 2.75) is 44.8 Å². The van der Waals surface area contributed by atoms with E-state index in [9.17, 15) is 14.4 Å². The summed E-state index contributed by atoms with van der Waals surface area (Å²) in [5.41, 5.74) is 4.54. The summed E-state index contributed by atoms with van der Waals surface area (Å²) in [6.45, 7) is 0.429. The molecule has 0 unspecified atom stereocenters. The zero-order valence-corrected chi connectivity index (χ0v) is 20.5. The SMILES string of the molecule is O=C(N/N=C\c1cccc(OCc2ccccc2)c1)C(=O)Nc1ccccc1C(=O)NC1CCCCC1. The van der Waals surface area contributed by atoms with E-state index in [-0.39, 0.29) is 17.6 Å². The van der Waals surface area contributed by atoms with E-state index in [2.05, 4.69) is 21.2 Å². The minimum atomic E-state index is -0.949. The van der Waals surface area contributed by atoms with Gasteiger partial charge in [-0.05, 0) is 48.2 Å². The Kier molecular flexibility index (Phi) is 9.02. The van der Waals surface area contributed by atoms with E-state index in [1.54, 1.807) is 36.4 Å². The number of amides is 3. The first-order chi connectivity index (χ1) is 18.1. The van der Waals surface area contributed by atoms with Crippen LogP contribution < -0.4 is 20.8 Å². The van der Waals surface area contributed by atoms with E-state index in [0.717, 1.165) is 31.2 Å². The molecule has 190 valence electrons. The van der Waals surface area contributed by atoms with Crippen LogP contribution in [0.2, 0.25) is 0 Å². The second-order valence-corrected chi connectivity index (χ2v) is 8.85. The molecule has 37 heavy (non-hydrogen) atoms. The van der Waals surface area contributed by atoms with Crippen LogP contribution in [0.3, 0.4) is 0 Å². The van der Waals surface area contributed by atoms with Crippen LogP contribution in [0.15, 0.2) is 84.0 Å². The van der Waals surface area contributed by atoms with Crippen molar-refractivity contribution < 1.29 is 19.1 Å². The maximum atomic E-state index is 12.8. The van der Waals surface area contributed by atoms with Crippen molar-refractivity contribution in [2.24, 2.45) is 5.10 Å². The summed E-state index contributed by atoms with van der Waals surface area (Å²) < 4.78 is 5.80. The highest BCUT2D eigenvalue weighted by Gasteiger charge is 2.20. The molecule has 0 saturated heterocycles. The first kappa shape index (κ1) is 25.6. The summed E-state index contributed by atoms with van der Waals surface area (Å²) in [7, 11) is 0. The van der Waals surface area contributed by atoms with E-state index in [0.29, 0.717) is 23.5 Å². The number of rotatable bonds is 8. The smallest absolute Gasteiger partial charge is 0.329 e. The first-order valence-corrected chi connectivity index (χ1v) is 12.4. The average molecular weight is 499 g/mol. The maximum absolute atomic E-state index is 12.8. The maximum Gasteiger partial charge on any atom is 0.329 e. The number of hydrogen-bond acceptors (Lipinski definition) is 5. The molecule has 4 rings (SSSR count). The zero-order valence-electron chi connectivity index (χ0n) is 20.5. The summed E-state index contributed by atoms with van der Waals surface area (Å²) in [6.07, 6.45) is 6.69. The fraction of sp³-hybridized carbons (Fsp3) is 0.241. The van der Waals surface area contributed by atoms with Gasteiger partial charge in [0.1, 0.15) is 12.4 Å². The van der Waals surface area contributed by atoms with Crippen molar-refractivity contribution in [3.8, 4) is 5.75 Å². The van der Waals surface area contributed by atoms with Crippen LogP contribution in [0.25, 0.3) is 0 Å². The van der Waals surface area contributed by atoms with E-state index < -0.39 is 11.8 Å². The molecular weight excluding hydrogens is 468 g/mol. The molecule has 0 spiro atoms. The molecule has 3 amide bonds. The van der Waals surface area contributed by atoms with Gasteiger partial charge >= 0.3 is 11.8 Å². The van der Waals surface area contributed by atoms with Crippen LogP contribution in [0.5, 0.6) is 5.75 Å². The number of ether oxygens (including phenoxy) is 1. The van der Waals surface area contributed by atoms with Crippen molar-refractivity contribution in [1.82, 2.24) is 10.7 Å². The Balaban J connectivity index is 1.30. The van der Waals surface area contributed by atoms with Gasteiger partial charge in [-0.3, -0.25) is 14.4 Å². The lowest BCUT2D eigenvalue weighted by Crippen LogP contribution is -2.37. The Morgan fingerprint density at radius 2 is 1.62 bits per heavy atom. The van der Waals surface area contributed by atoms with E-state index in [1.807, 2.05) is 42.5 Å². The number of para-hydroxylation sites is 1. The van der Waals surface area contributed by atoms with Gasteiger partial charge in [-0.1, -0.05) is 73.9 Å². The fourth-order valence-corrected chi connectivity index (χ4v) is 4.12. The number of benzene rings is 3. The molecule has 0 atom stereocenters. The quantitative estimate of drug-likeness (QED) is 0.243. The third-order valence-corrected chi connectivity index (χ3v) is 6.05. The largest absolute Gasteiger partial charge is 0.489 e. The molecule has 0 aromatic heterocycles. The third-order valence-electron chi connectivity index (χ3n) is 6.05. The van der Waals surface area contributed by atoms with Gasteiger partial charge in [0.15, 0.2) is 0 Å². The topological polar surface area (TPSA) is 109 Å². The fourth-order valence-electron chi connectivity index (χ4n) is 4.12. The molecule has 0 aliphatic heterocycles. The van der Waals surface area contributed by atoms with Crippen molar-refractivity contribution in [3.05, 3.63) is 95.6 Å². The molecule has 1 saturated carbocycles. The summed E-state index contributed by atoms with van der Waals surface area (Å²) in [6, 6.07) is 23.8. The average Bonchev–Trinajstić information content (AvgIpc) is 2.93. The number of hydrazone groups is 1. The number of nitrogens with one attached hydrogen (secondary N) is 3. The van der Waals surface area contributed by atoms with Crippen LogP contribution in [-0.4, -0.2) is 30.0 Å². The molecule has 1 aliphatic rings. The Morgan fingerprint density at radius 3 is 2.43 bits per heavy atom. The Labute approximate surface area is 216 Å². The Bertz CT molecular complexity index is 1250. The Hall–Kier alpha value is -4.46. The van der Waals surface area contributed by atoms with Crippen LogP contribution in [0, 0.1) is 0 Å². The van der Waals surface area contributed by atoms with Gasteiger partial charge < -0.3 is 15.4 Å². The summed E-state index contributed by atoms with van der Waals surface area (Å²) in [5, 5.41) is 9.42. The molecule has 1 fully saturated rings. The number of carbonyl (C=O) groups is 3. The molecule has 3 aromatic rings. The van der Waals surface area contributed by atoms with Crippen LogP contribution in [-0.2, 0) is 16.2 Å². The van der Waals surface area contributed by atoms with Gasteiger partial charge in [-0.25, -0.2) is 5.43 Å². The number of nitrogens with zero attached hydrogens (tertiary/aromatic N) is 1. The molecule has 0 bridgehead atoms. The molecule has 1 aliphatic carbocycles. The van der Waals surface area contributed by atoms with Gasteiger partial charge in [-0.2, -0.15) is 5.10 Å². The number of anilines is 1. The third kappa shape index (κ3) is 7.76. The highest BCUT2D eigenvalue weighted by atomic mass is 16.5. The van der Waals surface area contributed by atoms with Crippen LogP contribution >= 0.6 is 0 Å². The van der Waals surface area contributed by atoms with Gasteiger partial charge in [0.05, 0.1) is 17.5 Å². The monoisotopic (exact) mass is 498 g/mol. The van der Waals surface area contributed by atoms with Gasteiger partial charge in [0.2, 0.25) is 0 Å². The van der Waals surface area contributed by atoms with Gasteiger partial charge in [0.25, 0.3) is 5.91 Å². The van der Waals surface area contributed by atoms with Gasteiger partial charge in [0, 0.05) is 6.04 Å². The highest BCUT2D eigenvalue weighted by Crippen LogP contribution is 2.20. The number of hydrogen-bond donors (Lipinski definition) is 3. The van der Waals surface area contributed by atoms with Crippen molar-refractivity contribution >= 4 is 29.6 Å². The molecule has 3 aromatic carbocycles. The predicted octanol–water partition coefficient (Wildman–Crippen LogP) is 4.42. The van der Waals surface area contributed by atoms with Gasteiger partial charge in [-0.15, -0.1) is 0 Å². The standard InChI is InChI=1S/C29H30N4O4/c34-27(31-23-13-5-2-6-14-23)25-16-7-8-17-26(25)32-28(35)29(36)33-30-19-22-12-9-15-24(18-22)37-20-21-10-3-1-4-11-21/h1,3-4,7-12,15-19,23H,2,5-6,13-14,20H2,(H,31,34)(H,32,35)(H,33,36)/b30-19-. The van der Waals surface area contributed by atoms with E-state index >= 15 is 0 Å². The highest BCUT2D eigenvalue weighted by molar-refractivity contribution is 6.40. The lowest BCUT2D eigenvalue weighted by atomic mass is 9.95. The lowest BCUT2D eigenvalue weighted by Gasteiger charge is -2.23. The van der Waals surface area contributed by atoms with E-state index in [1.165, 1.54) is 12.6 Å². The van der Waals surface area contributed by atoms with Crippen molar-refractivity contribution in [2.75, 3.05) is 5.32 Å². The summed E-state index contributed by atoms with van der Waals surface area (Å²) in [4.78, 5) is 37.5. The molecule has 8 heteroatoms. The molecule has 0 heterocycles. The number of carbonyl (C=O) groups excluding carboxylic acids is 3. The summed E-state index contributed by atoms with van der Waals surface area (Å²) >= 11 is 0. The second kappa shape index (κ2) is 13.0. The minimum absolute atomic E-state index is 0.130. The van der Waals surface area contributed by atoms with E-state index in [4.69, 9.17) is 4.74 Å². The second-order valence-electron chi connectivity index (χ2n) is 8.85. The van der Waals surface area contributed by atoms with Crippen molar-refractivity contribution in [3.63, 3.8) is 0 Å². The van der Waals surface area contributed by atoms with Crippen LogP contribution in [0.4, 0.5) is 5.69 Å². The lowest BCUT2D eigenvalue weighted by molar-refractivity contribution is -0.136. The van der Waals surface area contributed by atoms with Crippen LogP contribution in [0.1, 0.15) is 53.6 Å². The first-order valence-electron chi connectivity index (χ1n) is 12.4. The molecule has 3 N–H and O–H groups in total. The zero-order chi connectivity index (χ0) is 25.9. The molecular formula is C29H30N4O4. The molecule has 8 nitrogen and oxygen atoms in total.